The first-order valence-corrected chi connectivity index (χ1v) is 9.72. The molecule has 0 aliphatic rings. The molecule has 142 valence electrons. The van der Waals surface area contributed by atoms with Gasteiger partial charge in [-0.1, -0.05) is 38.5 Å². The van der Waals surface area contributed by atoms with Crippen LogP contribution in [0.5, 0.6) is 0 Å². The van der Waals surface area contributed by atoms with Gasteiger partial charge in [-0.05, 0) is 33.6 Å². The second kappa shape index (κ2) is 14.4. The molecule has 0 spiro atoms. The monoisotopic (exact) mass is 361 g/mol. The fourth-order valence-corrected chi connectivity index (χ4v) is 2.28. The fourth-order valence-electron chi connectivity index (χ4n) is 2.19. The van der Waals surface area contributed by atoms with Crippen LogP contribution in [0, 0.1) is 0 Å². The van der Waals surface area contributed by atoms with Crippen LogP contribution >= 0.6 is 12.6 Å². The van der Waals surface area contributed by atoms with Gasteiger partial charge in [-0.2, -0.15) is 12.6 Å². The Balaban J connectivity index is 3.26. The molecule has 1 amide bonds. The van der Waals surface area contributed by atoms with Gasteiger partial charge in [0, 0.05) is 18.7 Å². The smallest absolute Gasteiger partial charge is 0.407 e. The standard InChI is InChI=1S/C18H35NO4S/c1-18(2,3)23-17(21)19-13-11-9-7-5-4-6-8-10-12-16(20)22-14-15-24/h24H,4-15H2,1-3H3,(H,19,21). The molecule has 0 saturated heterocycles. The lowest BCUT2D eigenvalue weighted by Crippen LogP contribution is -2.32. The summed E-state index contributed by atoms with van der Waals surface area (Å²) in [5.41, 5.74) is -0.437. The summed E-state index contributed by atoms with van der Waals surface area (Å²) in [7, 11) is 0. The number of carbonyl (C=O) groups is 2. The molecule has 24 heavy (non-hydrogen) atoms. The minimum absolute atomic E-state index is 0.110. The highest BCUT2D eigenvalue weighted by atomic mass is 32.1. The summed E-state index contributed by atoms with van der Waals surface area (Å²) < 4.78 is 10.1. The largest absolute Gasteiger partial charge is 0.465 e. The Kier molecular flexibility index (Phi) is 13.9. The molecule has 1 N–H and O–H groups in total. The van der Waals surface area contributed by atoms with Crippen LogP contribution in [0.2, 0.25) is 0 Å². The number of carbonyl (C=O) groups excluding carboxylic acids is 2. The molecule has 0 aromatic heterocycles. The number of esters is 1. The van der Waals surface area contributed by atoms with Crippen molar-refractivity contribution in [2.75, 3.05) is 18.9 Å². The van der Waals surface area contributed by atoms with Gasteiger partial charge in [0.2, 0.25) is 0 Å². The number of thiol groups is 1. The molecule has 0 radical (unpaired) electrons. The van der Waals surface area contributed by atoms with E-state index in [1.165, 1.54) is 19.3 Å². The topological polar surface area (TPSA) is 64.6 Å². The maximum Gasteiger partial charge on any atom is 0.407 e. The lowest BCUT2D eigenvalue weighted by atomic mass is 10.1. The Bertz CT molecular complexity index is 342. The second-order valence-corrected chi connectivity index (χ2v) is 7.40. The van der Waals surface area contributed by atoms with Crippen molar-refractivity contribution >= 4 is 24.7 Å². The zero-order valence-corrected chi connectivity index (χ0v) is 16.5. The van der Waals surface area contributed by atoms with Crippen LogP contribution in [-0.4, -0.2) is 36.6 Å². The predicted octanol–water partition coefficient (Wildman–Crippen LogP) is 4.50. The van der Waals surface area contributed by atoms with Gasteiger partial charge >= 0.3 is 12.1 Å². The molecular formula is C18H35NO4S. The number of nitrogens with one attached hydrogen (secondary N) is 1. The third kappa shape index (κ3) is 17.4. The normalized spacial score (nSPS) is 11.2. The van der Waals surface area contributed by atoms with E-state index in [-0.39, 0.29) is 12.1 Å². The van der Waals surface area contributed by atoms with Gasteiger partial charge in [0.1, 0.15) is 12.2 Å². The Morgan fingerprint density at radius 2 is 1.46 bits per heavy atom. The molecule has 0 unspecified atom stereocenters. The van der Waals surface area contributed by atoms with Gasteiger partial charge < -0.3 is 14.8 Å². The quantitative estimate of drug-likeness (QED) is 0.288. The van der Waals surface area contributed by atoms with E-state index in [1.807, 2.05) is 20.8 Å². The van der Waals surface area contributed by atoms with Crippen LogP contribution in [0.4, 0.5) is 4.79 Å². The van der Waals surface area contributed by atoms with Crippen LogP contribution < -0.4 is 5.32 Å². The van der Waals surface area contributed by atoms with Crippen LogP contribution in [0.1, 0.15) is 78.6 Å². The van der Waals surface area contributed by atoms with Gasteiger partial charge in [0.25, 0.3) is 0 Å². The van der Waals surface area contributed by atoms with Crippen molar-refractivity contribution in [3.05, 3.63) is 0 Å². The molecule has 0 saturated carbocycles. The fraction of sp³-hybridized carbons (Fsp3) is 0.889. The predicted molar refractivity (Wildman–Crippen MR) is 101 cm³/mol. The summed E-state index contributed by atoms with van der Waals surface area (Å²) in [6, 6.07) is 0. The van der Waals surface area contributed by atoms with Crippen LogP contribution in [0.3, 0.4) is 0 Å². The number of hydrogen-bond donors (Lipinski definition) is 2. The lowest BCUT2D eigenvalue weighted by Gasteiger charge is -2.19. The molecule has 5 nitrogen and oxygen atoms in total. The van der Waals surface area contributed by atoms with Crippen molar-refractivity contribution < 1.29 is 19.1 Å². The van der Waals surface area contributed by atoms with Gasteiger partial charge in [-0.3, -0.25) is 4.79 Å². The van der Waals surface area contributed by atoms with Crippen LogP contribution in [0.15, 0.2) is 0 Å². The van der Waals surface area contributed by atoms with E-state index in [0.717, 1.165) is 32.1 Å². The molecule has 0 rings (SSSR count). The average Bonchev–Trinajstić information content (AvgIpc) is 2.48. The zero-order valence-electron chi connectivity index (χ0n) is 15.6. The van der Waals surface area contributed by atoms with E-state index in [4.69, 9.17) is 9.47 Å². The van der Waals surface area contributed by atoms with E-state index in [0.29, 0.717) is 25.3 Å². The summed E-state index contributed by atoms with van der Waals surface area (Å²) in [4.78, 5) is 22.7. The van der Waals surface area contributed by atoms with Gasteiger partial charge in [-0.15, -0.1) is 0 Å². The summed E-state index contributed by atoms with van der Waals surface area (Å²) in [5.74, 6) is 0.473. The summed E-state index contributed by atoms with van der Waals surface area (Å²) in [6.07, 6.45) is 9.01. The number of rotatable bonds is 13. The van der Waals surface area contributed by atoms with Crippen molar-refractivity contribution in [3.8, 4) is 0 Å². The van der Waals surface area contributed by atoms with E-state index in [9.17, 15) is 9.59 Å². The number of ether oxygens (including phenoxy) is 2. The van der Waals surface area contributed by atoms with Crippen molar-refractivity contribution in [2.45, 2.75) is 84.2 Å². The summed E-state index contributed by atoms with van der Waals surface area (Å²) in [6.45, 7) is 6.65. The third-order valence-electron chi connectivity index (χ3n) is 3.33. The Hall–Kier alpha value is -0.910. The van der Waals surface area contributed by atoms with Gasteiger partial charge in [0.05, 0.1) is 0 Å². The maximum absolute atomic E-state index is 11.4. The van der Waals surface area contributed by atoms with E-state index >= 15 is 0 Å². The summed E-state index contributed by atoms with van der Waals surface area (Å²) >= 11 is 4.00. The number of unbranched alkanes of at least 4 members (excludes halogenated alkanes) is 7. The Labute approximate surface area is 152 Å². The van der Waals surface area contributed by atoms with E-state index in [2.05, 4.69) is 17.9 Å². The number of alkyl carbamates (subject to hydrolysis) is 1. The number of hydrogen-bond acceptors (Lipinski definition) is 5. The first-order valence-electron chi connectivity index (χ1n) is 9.08. The van der Waals surface area contributed by atoms with Crippen molar-refractivity contribution in [1.29, 1.82) is 0 Å². The second-order valence-electron chi connectivity index (χ2n) is 6.95. The molecular weight excluding hydrogens is 326 g/mol. The highest BCUT2D eigenvalue weighted by Crippen LogP contribution is 2.10. The van der Waals surface area contributed by atoms with Crippen LogP contribution in [-0.2, 0) is 14.3 Å². The minimum atomic E-state index is -0.437. The number of amides is 1. The highest BCUT2D eigenvalue weighted by molar-refractivity contribution is 7.80. The van der Waals surface area contributed by atoms with E-state index < -0.39 is 5.60 Å². The molecule has 0 bridgehead atoms. The Morgan fingerprint density at radius 1 is 0.917 bits per heavy atom. The molecule has 0 fully saturated rings. The molecule has 0 atom stereocenters. The highest BCUT2D eigenvalue weighted by Gasteiger charge is 2.15. The molecule has 0 heterocycles. The molecule has 0 aliphatic heterocycles. The maximum atomic E-state index is 11.4. The molecule has 0 aliphatic carbocycles. The summed E-state index contributed by atoms with van der Waals surface area (Å²) in [5, 5.41) is 2.77. The van der Waals surface area contributed by atoms with E-state index in [1.54, 1.807) is 0 Å². The van der Waals surface area contributed by atoms with Crippen molar-refractivity contribution in [2.24, 2.45) is 0 Å². The molecule has 0 aromatic carbocycles. The van der Waals surface area contributed by atoms with Crippen LogP contribution in [0.25, 0.3) is 0 Å². The SMILES string of the molecule is CC(C)(C)OC(=O)NCCCCCCCCCCC(=O)OCCS. The Morgan fingerprint density at radius 3 is 2.00 bits per heavy atom. The molecule has 6 heteroatoms. The average molecular weight is 362 g/mol. The van der Waals surface area contributed by atoms with Gasteiger partial charge in [-0.25, -0.2) is 4.79 Å². The van der Waals surface area contributed by atoms with Crippen molar-refractivity contribution in [1.82, 2.24) is 5.32 Å². The first-order chi connectivity index (χ1) is 11.3. The molecule has 0 aromatic rings. The first kappa shape index (κ1) is 23.1. The van der Waals surface area contributed by atoms with Gasteiger partial charge in [0.15, 0.2) is 0 Å². The third-order valence-corrected chi connectivity index (χ3v) is 3.51. The zero-order chi connectivity index (χ0) is 18.3. The minimum Gasteiger partial charge on any atom is -0.465 e. The lowest BCUT2D eigenvalue weighted by molar-refractivity contribution is -0.143. The van der Waals surface area contributed by atoms with Crippen molar-refractivity contribution in [3.63, 3.8) is 0 Å².